The zero-order valence-corrected chi connectivity index (χ0v) is 12.9. The van der Waals surface area contributed by atoms with E-state index in [0.29, 0.717) is 15.9 Å². The molecule has 4 amide bonds. The molecule has 12 heteroatoms. The molecule has 0 unspecified atom stereocenters. The number of fused-ring (bicyclic) bond motifs is 1. The predicted octanol–water partition coefficient (Wildman–Crippen LogP) is 0.658. The number of anilines is 2. The highest BCUT2D eigenvalue weighted by molar-refractivity contribution is 7.22. The molecule has 21 heavy (non-hydrogen) atoms. The molecule has 0 aliphatic rings. The quantitative estimate of drug-likeness (QED) is 0.354. The van der Waals surface area contributed by atoms with Crippen LogP contribution in [0.2, 0.25) is 0 Å². The lowest BCUT2D eigenvalue weighted by Gasteiger charge is -2.12. The lowest BCUT2D eigenvalue weighted by Crippen LogP contribution is -2.41. The number of primary amides is 2. The highest BCUT2D eigenvalue weighted by atomic mass is 35.5. The van der Waals surface area contributed by atoms with Gasteiger partial charge in [-0.1, -0.05) is 11.3 Å². The second kappa shape index (κ2) is 7.24. The van der Waals surface area contributed by atoms with Crippen molar-refractivity contribution in [2.24, 2.45) is 23.2 Å². The van der Waals surface area contributed by atoms with Gasteiger partial charge in [0.1, 0.15) is 0 Å². The number of halogens is 2. The maximum absolute atomic E-state index is 11.0. The first-order chi connectivity index (χ1) is 8.90. The Hall–Kier alpha value is -1.85. The smallest absolute Gasteiger partial charge is 0.335 e. The van der Waals surface area contributed by atoms with Gasteiger partial charge in [0.05, 0.1) is 15.9 Å². The van der Waals surface area contributed by atoms with E-state index >= 15 is 0 Å². The highest BCUT2D eigenvalue weighted by Gasteiger charge is 2.15. The number of aromatic nitrogens is 1. The van der Waals surface area contributed by atoms with Gasteiger partial charge in [-0.15, -0.1) is 24.8 Å². The number of nitrogens with two attached hydrogens (primary N) is 4. The molecule has 0 aliphatic carbocycles. The van der Waals surface area contributed by atoms with Crippen LogP contribution in [0.5, 0.6) is 0 Å². The van der Waals surface area contributed by atoms with E-state index in [4.69, 9.17) is 23.2 Å². The minimum absolute atomic E-state index is 0. The van der Waals surface area contributed by atoms with Gasteiger partial charge in [0.15, 0.2) is 0 Å². The minimum Gasteiger partial charge on any atom is -0.350 e. The summed E-state index contributed by atoms with van der Waals surface area (Å²) in [6, 6.07) is 3.19. The minimum atomic E-state index is -0.822. The van der Waals surface area contributed by atoms with Crippen LogP contribution in [0, 0.1) is 0 Å². The van der Waals surface area contributed by atoms with E-state index in [1.165, 1.54) is 0 Å². The van der Waals surface area contributed by atoms with Crippen LogP contribution in [-0.2, 0) is 0 Å². The van der Waals surface area contributed by atoms with Crippen LogP contribution in [0.4, 0.5) is 20.4 Å². The van der Waals surface area contributed by atoms with Crippen LogP contribution in [0.1, 0.15) is 0 Å². The third-order valence-electron chi connectivity index (χ3n) is 2.32. The zero-order chi connectivity index (χ0) is 14.2. The molecule has 0 atom stereocenters. The first-order valence-electron chi connectivity index (χ1n) is 4.99. The van der Waals surface area contributed by atoms with Crippen LogP contribution in [0.3, 0.4) is 0 Å². The number of urea groups is 2. The van der Waals surface area contributed by atoms with Crippen molar-refractivity contribution < 1.29 is 9.59 Å². The van der Waals surface area contributed by atoms with E-state index in [9.17, 15) is 9.59 Å². The molecule has 0 bridgehead atoms. The molecule has 2 aromatic rings. The van der Waals surface area contributed by atoms with Crippen LogP contribution in [-0.4, -0.2) is 17.0 Å². The van der Waals surface area contributed by atoms with E-state index in [1.54, 1.807) is 18.2 Å². The summed E-state index contributed by atoms with van der Waals surface area (Å²) in [5.41, 5.74) is 11.1. The molecular weight excluding hydrogens is 341 g/mol. The summed E-state index contributed by atoms with van der Waals surface area (Å²) in [5, 5.41) is 1.77. The third kappa shape index (κ3) is 3.83. The van der Waals surface area contributed by atoms with E-state index in [0.717, 1.165) is 21.4 Å². The van der Waals surface area contributed by atoms with Crippen molar-refractivity contribution in [3.8, 4) is 0 Å². The predicted molar refractivity (Wildman–Crippen MR) is 86.6 cm³/mol. The Bertz CT molecular complexity index is 647. The number of nitrogens with zero attached hydrogens (tertiary/aromatic N) is 3. The second-order valence-corrected chi connectivity index (χ2v) is 4.57. The lowest BCUT2D eigenvalue weighted by atomic mass is 10.3. The molecule has 0 aliphatic heterocycles. The Morgan fingerprint density at radius 1 is 1.05 bits per heavy atom. The molecule has 2 rings (SSSR count). The van der Waals surface area contributed by atoms with Gasteiger partial charge in [-0.3, -0.25) is 0 Å². The summed E-state index contributed by atoms with van der Waals surface area (Å²) in [4.78, 5) is 26.0. The van der Waals surface area contributed by atoms with Crippen molar-refractivity contribution in [3.05, 3.63) is 18.2 Å². The van der Waals surface area contributed by atoms with E-state index in [1.807, 2.05) is 0 Å². The average molecular weight is 354 g/mol. The van der Waals surface area contributed by atoms with Crippen molar-refractivity contribution in [1.29, 1.82) is 0 Å². The van der Waals surface area contributed by atoms with E-state index in [-0.39, 0.29) is 29.9 Å². The first-order valence-corrected chi connectivity index (χ1v) is 5.81. The van der Waals surface area contributed by atoms with Crippen LogP contribution in [0.15, 0.2) is 18.2 Å². The SMILES string of the molecule is Cl.Cl.NC(=O)N(N)c1ccc2nc(N(N)C(N)=O)sc2c1. The fourth-order valence-corrected chi connectivity index (χ4v) is 2.30. The number of benzene rings is 1. The van der Waals surface area contributed by atoms with Crippen LogP contribution >= 0.6 is 36.2 Å². The fourth-order valence-electron chi connectivity index (χ4n) is 1.38. The summed E-state index contributed by atoms with van der Waals surface area (Å²) < 4.78 is 0.681. The Morgan fingerprint density at radius 3 is 2.14 bits per heavy atom. The van der Waals surface area contributed by atoms with Gasteiger partial charge in [-0.2, -0.15) is 0 Å². The highest BCUT2D eigenvalue weighted by Crippen LogP contribution is 2.30. The number of carbonyl (C=O) groups excluding carboxylic acids is 2. The van der Waals surface area contributed by atoms with E-state index in [2.05, 4.69) is 4.98 Å². The van der Waals surface area contributed by atoms with Gasteiger partial charge in [0.2, 0.25) is 5.13 Å². The Morgan fingerprint density at radius 2 is 1.62 bits per heavy atom. The van der Waals surface area contributed by atoms with Gasteiger partial charge in [0, 0.05) is 0 Å². The molecular formula is C9H13Cl2N7O2S. The average Bonchev–Trinajstić information content (AvgIpc) is 2.78. The van der Waals surface area contributed by atoms with Crippen LogP contribution < -0.4 is 33.2 Å². The molecule has 1 aromatic heterocycles. The number of hydrazine groups is 2. The maximum atomic E-state index is 11.0. The first kappa shape index (κ1) is 19.1. The number of thiazole rings is 1. The molecule has 0 radical (unpaired) electrons. The van der Waals surface area contributed by atoms with Crippen molar-refractivity contribution in [1.82, 2.24) is 4.98 Å². The summed E-state index contributed by atoms with van der Waals surface area (Å²) in [6.07, 6.45) is 0. The van der Waals surface area contributed by atoms with Gasteiger partial charge in [0.25, 0.3) is 0 Å². The van der Waals surface area contributed by atoms with E-state index < -0.39 is 12.1 Å². The maximum Gasteiger partial charge on any atom is 0.335 e. The van der Waals surface area contributed by atoms with Gasteiger partial charge < -0.3 is 11.5 Å². The summed E-state index contributed by atoms with van der Waals surface area (Å²) in [7, 11) is 0. The molecule has 0 fully saturated rings. The largest absolute Gasteiger partial charge is 0.350 e. The number of amides is 4. The Kier molecular flexibility index (Phi) is 6.60. The molecule has 0 spiro atoms. The molecule has 1 aromatic carbocycles. The number of hydrogen-bond acceptors (Lipinski definition) is 6. The number of rotatable bonds is 2. The fraction of sp³-hybridized carbons (Fsp3) is 0. The van der Waals surface area contributed by atoms with Crippen molar-refractivity contribution in [2.45, 2.75) is 0 Å². The third-order valence-corrected chi connectivity index (χ3v) is 3.34. The summed E-state index contributed by atoms with van der Waals surface area (Å²) >= 11 is 1.13. The molecule has 0 saturated heterocycles. The van der Waals surface area contributed by atoms with Crippen LogP contribution in [0.25, 0.3) is 10.2 Å². The zero-order valence-electron chi connectivity index (χ0n) is 10.4. The topological polar surface area (TPSA) is 158 Å². The second-order valence-electron chi connectivity index (χ2n) is 3.56. The standard InChI is InChI=1S/C9H11N7O2S.2ClH/c10-7(17)15(12)4-1-2-5-6(3-4)19-9(14-5)16(13)8(11)18;;/h1-3H,12-13H2,(H2,10,17)(H2,11,18);2*1H. The molecule has 9 nitrogen and oxygen atoms in total. The van der Waals surface area contributed by atoms with Crippen molar-refractivity contribution >= 4 is 69.2 Å². The number of hydrogen-bond donors (Lipinski definition) is 4. The monoisotopic (exact) mass is 353 g/mol. The van der Waals surface area contributed by atoms with Crippen molar-refractivity contribution in [3.63, 3.8) is 0 Å². The molecule has 1 heterocycles. The van der Waals surface area contributed by atoms with Crippen molar-refractivity contribution in [2.75, 3.05) is 10.0 Å². The molecule has 8 N–H and O–H groups in total. The lowest BCUT2D eigenvalue weighted by molar-refractivity contribution is 0.253. The Balaban J connectivity index is 0.00000200. The molecule has 0 saturated carbocycles. The summed E-state index contributed by atoms with van der Waals surface area (Å²) in [6.45, 7) is 0. The number of carbonyl (C=O) groups is 2. The normalized spacial score (nSPS) is 9.43. The Labute approximate surface area is 135 Å². The van der Waals surface area contributed by atoms with Gasteiger partial charge >= 0.3 is 12.1 Å². The summed E-state index contributed by atoms with van der Waals surface area (Å²) in [5.74, 6) is 10.9. The van der Waals surface area contributed by atoms with Gasteiger partial charge in [-0.25, -0.2) is 36.3 Å². The van der Waals surface area contributed by atoms with Gasteiger partial charge in [-0.05, 0) is 18.2 Å². The molecule has 116 valence electrons.